The van der Waals surface area contributed by atoms with E-state index < -0.39 is 0 Å². The highest BCUT2D eigenvalue weighted by Crippen LogP contribution is 1.96. The van der Waals surface area contributed by atoms with Crippen LogP contribution in [0.4, 0.5) is 0 Å². The first kappa shape index (κ1) is 8.56. The first-order valence-corrected chi connectivity index (χ1v) is 2.80. The number of hydrogen-bond acceptors (Lipinski definition) is 2. The Balaban J connectivity index is 4.49. The van der Waals surface area contributed by atoms with E-state index in [1.54, 1.807) is 0 Å². The van der Waals surface area contributed by atoms with Crippen LogP contribution in [0.5, 0.6) is 0 Å². The summed E-state index contributed by atoms with van der Waals surface area (Å²) in [7, 11) is 0. The van der Waals surface area contributed by atoms with Crippen molar-refractivity contribution in [2.45, 2.75) is 0 Å². The van der Waals surface area contributed by atoms with Crippen LogP contribution in [0.2, 0.25) is 0 Å². The third-order valence-electron chi connectivity index (χ3n) is 0.998. The molecule has 2 N–H and O–H groups in total. The first-order chi connectivity index (χ1) is 4.76. The fourth-order valence-electron chi connectivity index (χ4n) is 0.475. The third-order valence-corrected chi connectivity index (χ3v) is 0.998. The molecule has 0 aliphatic rings. The first-order valence-electron chi connectivity index (χ1n) is 2.80. The van der Waals surface area contributed by atoms with Gasteiger partial charge in [0.2, 0.25) is 0 Å². The molecule has 0 aliphatic heterocycles. The molecule has 0 rings (SSSR count). The molecule has 0 heterocycles. The van der Waals surface area contributed by atoms with Crippen LogP contribution in [-0.4, -0.2) is 11.9 Å². The fourth-order valence-corrected chi connectivity index (χ4v) is 0.475. The second-order valence-electron chi connectivity index (χ2n) is 1.61. The van der Waals surface area contributed by atoms with Crippen molar-refractivity contribution in [1.82, 2.24) is 0 Å². The lowest BCUT2D eigenvalue weighted by molar-refractivity contribution is 1.51. The van der Waals surface area contributed by atoms with Crippen LogP contribution in [0, 0.1) is 10.8 Å². The van der Waals surface area contributed by atoms with Crippen LogP contribution in [0.25, 0.3) is 0 Å². The predicted octanol–water partition coefficient (Wildman–Crippen LogP) is 1.95. The molecule has 0 spiro atoms. The highest BCUT2D eigenvalue weighted by molar-refractivity contribution is 6.09. The van der Waals surface area contributed by atoms with Crippen molar-refractivity contribution in [1.29, 1.82) is 10.8 Å². The summed E-state index contributed by atoms with van der Waals surface area (Å²) in [5.41, 5.74) is 0.906. The molecule has 0 bridgehead atoms. The molecular weight excluding hydrogens is 124 g/mol. The predicted molar refractivity (Wildman–Crippen MR) is 45.0 cm³/mol. The quantitative estimate of drug-likeness (QED) is 0.436. The summed E-state index contributed by atoms with van der Waals surface area (Å²) in [6.07, 6.45) is 5.55. The van der Waals surface area contributed by atoms with Gasteiger partial charge in [-0.05, 0) is 12.2 Å². The summed E-state index contributed by atoms with van der Waals surface area (Å²) in [6.45, 7) is 6.91. The highest BCUT2D eigenvalue weighted by atomic mass is 14.4. The van der Waals surface area contributed by atoms with E-state index in [1.165, 1.54) is 18.2 Å². The van der Waals surface area contributed by atoms with Gasteiger partial charge in [-0.1, -0.05) is 19.2 Å². The van der Waals surface area contributed by atoms with E-state index in [4.69, 9.17) is 10.8 Å². The Kier molecular flexibility index (Phi) is 3.80. The van der Waals surface area contributed by atoms with Crippen LogP contribution in [0.1, 0.15) is 0 Å². The molecular formula is C8H10N2. The van der Waals surface area contributed by atoms with Gasteiger partial charge in [-0.2, -0.15) is 0 Å². The van der Waals surface area contributed by atoms with Crippen LogP contribution in [-0.2, 0) is 0 Å². The summed E-state index contributed by atoms with van der Waals surface area (Å²) in [6, 6.07) is 0. The molecule has 2 heteroatoms. The lowest BCUT2D eigenvalue weighted by Gasteiger charge is -1.94. The van der Waals surface area contributed by atoms with Crippen molar-refractivity contribution in [2.75, 3.05) is 0 Å². The second kappa shape index (κ2) is 4.44. The minimum absolute atomic E-state index is 0.290. The Labute approximate surface area is 60.6 Å². The van der Waals surface area contributed by atoms with Crippen molar-refractivity contribution in [2.24, 2.45) is 0 Å². The van der Waals surface area contributed by atoms with Crippen LogP contribution < -0.4 is 0 Å². The molecule has 0 unspecified atom stereocenters. The number of nitrogens with one attached hydrogen (secondary N) is 2. The van der Waals surface area contributed by atoms with E-state index in [0.29, 0.717) is 11.3 Å². The molecule has 0 fully saturated rings. The van der Waals surface area contributed by atoms with Gasteiger partial charge in [-0.15, -0.1) is 0 Å². The zero-order valence-electron chi connectivity index (χ0n) is 5.72. The lowest BCUT2D eigenvalue weighted by atomic mass is 10.1. The summed E-state index contributed by atoms with van der Waals surface area (Å²) < 4.78 is 0. The van der Waals surface area contributed by atoms with E-state index in [0.717, 1.165) is 6.21 Å². The maximum Gasteiger partial charge on any atom is 0.0606 e. The van der Waals surface area contributed by atoms with Gasteiger partial charge >= 0.3 is 0 Å². The van der Waals surface area contributed by atoms with Crippen LogP contribution in [0.15, 0.2) is 37.0 Å². The third kappa shape index (κ3) is 2.22. The topological polar surface area (TPSA) is 47.7 Å². The van der Waals surface area contributed by atoms with Crippen LogP contribution >= 0.6 is 0 Å². The van der Waals surface area contributed by atoms with Gasteiger partial charge in [0.1, 0.15) is 0 Å². The van der Waals surface area contributed by atoms with Gasteiger partial charge in [0.05, 0.1) is 5.71 Å². The standard InChI is InChI=1S/C8H10N2/c1-3-7(5-6-9)8(10)4-2/h3-6,9-10H,1-2H2/b7-5-,9-6?,10-8?. The molecule has 0 aliphatic carbocycles. The molecule has 0 atom stereocenters. The maximum absolute atomic E-state index is 7.24. The van der Waals surface area contributed by atoms with E-state index in [9.17, 15) is 0 Å². The van der Waals surface area contributed by atoms with Gasteiger partial charge in [0.15, 0.2) is 0 Å². The monoisotopic (exact) mass is 134 g/mol. The van der Waals surface area contributed by atoms with E-state index >= 15 is 0 Å². The molecule has 2 nitrogen and oxygen atoms in total. The average Bonchev–Trinajstić information content (AvgIpc) is 1.99. The van der Waals surface area contributed by atoms with Crippen molar-refractivity contribution in [3.05, 3.63) is 37.0 Å². The van der Waals surface area contributed by atoms with Crippen molar-refractivity contribution < 1.29 is 0 Å². The van der Waals surface area contributed by atoms with Crippen molar-refractivity contribution in [3.63, 3.8) is 0 Å². The summed E-state index contributed by atoms with van der Waals surface area (Å²) >= 11 is 0. The summed E-state index contributed by atoms with van der Waals surface area (Å²) in [5.74, 6) is 0. The van der Waals surface area contributed by atoms with Gasteiger partial charge in [0.25, 0.3) is 0 Å². The molecule has 0 aromatic heterocycles. The van der Waals surface area contributed by atoms with Gasteiger partial charge in [-0.3, -0.25) is 0 Å². The zero-order valence-corrected chi connectivity index (χ0v) is 5.72. The minimum atomic E-state index is 0.290. The van der Waals surface area contributed by atoms with E-state index in [-0.39, 0.29) is 0 Å². The Morgan fingerprint density at radius 3 is 2.10 bits per heavy atom. The van der Waals surface area contributed by atoms with Crippen molar-refractivity contribution in [3.8, 4) is 0 Å². The minimum Gasteiger partial charge on any atom is -0.309 e. The molecule has 0 aromatic rings. The Morgan fingerprint density at radius 2 is 1.80 bits per heavy atom. The molecule has 0 aromatic carbocycles. The summed E-state index contributed by atoms with van der Waals surface area (Å²) in [5, 5.41) is 14.0. The second-order valence-corrected chi connectivity index (χ2v) is 1.61. The SMILES string of the molecule is C=CC(=N)/C(C=C)=C\C=N. The van der Waals surface area contributed by atoms with Gasteiger partial charge in [0, 0.05) is 11.8 Å². The van der Waals surface area contributed by atoms with Gasteiger partial charge in [-0.25, -0.2) is 0 Å². The largest absolute Gasteiger partial charge is 0.309 e. The Bertz CT molecular complexity index is 199. The fraction of sp³-hybridized carbons (Fsp3) is 0. The zero-order chi connectivity index (χ0) is 7.98. The van der Waals surface area contributed by atoms with Crippen molar-refractivity contribution >= 4 is 11.9 Å². The Hall–Kier alpha value is -1.44. The number of rotatable bonds is 4. The Morgan fingerprint density at radius 1 is 1.20 bits per heavy atom. The molecule has 0 amide bonds. The molecule has 52 valence electrons. The highest BCUT2D eigenvalue weighted by Gasteiger charge is 1.92. The normalized spacial score (nSPS) is 10.2. The lowest BCUT2D eigenvalue weighted by Crippen LogP contribution is -1.92. The maximum atomic E-state index is 7.24. The molecule has 10 heavy (non-hydrogen) atoms. The number of hydrogen-bond donors (Lipinski definition) is 2. The summed E-state index contributed by atoms with van der Waals surface area (Å²) in [4.78, 5) is 0. The van der Waals surface area contributed by atoms with E-state index in [2.05, 4.69) is 13.2 Å². The molecule has 0 saturated heterocycles. The number of allylic oxidation sites excluding steroid dienone is 4. The van der Waals surface area contributed by atoms with E-state index in [1.807, 2.05) is 0 Å². The smallest absolute Gasteiger partial charge is 0.0606 e. The van der Waals surface area contributed by atoms with Gasteiger partial charge < -0.3 is 10.8 Å². The van der Waals surface area contributed by atoms with Crippen LogP contribution in [0.3, 0.4) is 0 Å². The molecule has 0 radical (unpaired) electrons. The molecule has 0 saturated carbocycles. The average molecular weight is 134 g/mol.